The van der Waals surface area contributed by atoms with Crippen molar-refractivity contribution in [1.29, 1.82) is 0 Å². The lowest BCUT2D eigenvalue weighted by Crippen LogP contribution is -2.27. The van der Waals surface area contributed by atoms with E-state index in [-0.39, 0.29) is 5.56 Å². The number of aromatic nitrogens is 2. The van der Waals surface area contributed by atoms with E-state index in [1.807, 2.05) is 6.07 Å². The fraction of sp³-hybridized carbons (Fsp3) is 0.286. The number of hydrogen-bond donors (Lipinski definition) is 1. The maximum atomic E-state index is 12.1. The van der Waals surface area contributed by atoms with Gasteiger partial charge in [0.25, 0.3) is 5.56 Å². The van der Waals surface area contributed by atoms with Crippen LogP contribution in [-0.4, -0.2) is 16.3 Å². The van der Waals surface area contributed by atoms with E-state index < -0.39 is 0 Å². The molecule has 20 heavy (non-hydrogen) atoms. The molecule has 0 unspecified atom stereocenters. The van der Waals surface area contributed by atoms with Gasteiger partial charge in [0.05, 0.1) is 17.9 Å². The molecular formula is C14H13Cl2N3O. The van der Waals surface area contributed by atoms with Crippen LogP contribution in [0.3, 0.4) is 0 Å². The average Bonchev–Trinajstić information content (AvgIpc) is 2.42. The van der Waals surface area contributed by atoms with Crippen molar-refractivity contribution in [1.82, 2.24) is 9.78 Å². The number of halogens is 2. The van der Waals surface area contributed by atoms with E-state index >= 15 is 0 Å². The number of nitrogens with zero attached hydrogens (tertiary/aromatic N) is 2. The predicted octanol–water partition coefficient (Wildman–Crippen LogP) is 2.96. The minimum Gasteiger partial charge on any atom is -0.383 e. The van der Waals surface area contributed by atoms with Crippen molar-refractivity contribution in [2.75, 3.05) is 11.9 Å². The van der Waals surface area contributed by atoms with Gasteiger partial charge in [0.15, 0.2) is 0 Å². The number of fused-ring (bicyclic) bond motifs is 1. The summed E-state index contributed by atoms with van der Waals surface area (Å²) in [6.07, 6.45) is 1.91. The highest BCUT2D eigenvalue weighted by Gasteiger charge is 2.13. The van der Waals surface area contributed by atoms with Crippen LogP contribution in [-0.2, 0) is 13.0 Å². The monoisotopic (exact) mass is 309 g/mol. The predicted molar refractivity (Wildman–Crippen MR) is 80.9 cm³/mol. The summed E-state index contributed by atoms with van der Waals surface area (Å²) in [5, 5.41) is 8.74. The number of nitrogens with one attached hydrogen (secondary N) is 1. The Bertz CT molecular complexity index is 712. The second kappa shape index (κ2) is 5.46. The summed E-state index contributed by atoms with van der Waals surface area (Å²) in [7, 11) is 0. The van der Waals surface area contributed by atoms with Crippen molar-refractivity contribution in [2.45, 2.75) is 19.4 Å². The zero-order chi connectivity index (χ0) is 14.1. The van der Waals surface area contributed by atoms with Gasteiger partial charge in [-0.05, 0) is 30.5 Å². The van der Waals surface area contributed by atoms with Crippen molar-refractivity contribution in [3.63, 3.8) is 0 Å². The van der Waals surface area contributed by atoms with Gasteiger partial charge in [-0.25, -0.2) is 4.68 Å². The van der Waals surface area contributed by atoms with Gasteiger partial charge in [0.2, 0.25) is 0 Å². The number of rotatable bonds is 2. The van der Waals surface area contributed by atoms with Gasteiger partial charge < -0.3 is 5.32 Å². The summed E-state index contributed by atoms with van der Waals surface area (Å²) in [5.74, 6) is 0. The lowest BCUT2D eigenvalue weighted by molar-refractivity contribution is 0.608. The fourth-order valence-electron chi connectivity index (χ4n) is 2.27. The highest BCUT2D eigenvalue weighted by molar-refractivity contribution is 6.35. The van der Waals surface area contributed by atoms with Crippen LogP contribution in [0.5, 0.6) is 0 Å². The molecule has 3 rings (SSSR count). The molecule has 4 nitrogen and oxygen atoms in total. The number of anilines is 1. The van der Waals surface area contributed by atoms with Gasteiger partial charge in [0.1, 0.15) is 0 Å². The largest absolute Gasteiger partial charge is 0.383 e. The van der Waals surface area contributed by atoms with Gasteiger partial charge in [-0.2, -0.15) is 5.10 Å². The summed E-state index contributed by atoms with van der Waals surface area (Å²) in [6.45, 7) is 1.24. The molecule has 0 amide bonds. The number of benzene rings is 1. The van der Waals surface area contributed by atoms with Gasteiger partial charge >= 0.3 is 0 Å². The van der Waals surface area contributed by atoms with E-state index in [0.717, 1.165) is 36.3 Å². The quantitative estimate of drug-likeness (QED) is 0.927. The highest BCUT2D eigenvalue weighted by Crippen LogP contribution is 2.22. The van der Waals surface area contributed by atoms with Crippen LogP contribution in [0.25, 0.3) is 0 Å². The molecule has 104 valence electrons. The van der Waals surface area contributed by atoms with Crippen molar-refractivity contribution < 1.29 is 0 Å². The van der Waals surface area contributed by atoms with Crippen molar-refractivity contribution in [2.24, 2.45) is 0 Å². The first-order valence-electron chi connectivity index (χ1n) is 6.42. The highest BCUT2D eigenvalue weighted by atomic mass is 35.5. The molecule has 2 aromatic rings. The molecule has 0 saturated heterocycles. The van der Waals surface area contributed by atoms with E-state index in [9.17, 15) is 4.79 Å². The normalized spacial score (nSPS) is 13.7. The summed E-state index contributed by atoms with van der Waals surface area (Å²) < 4.78 is 1.45. The Kier molecular flexibility index (Phi) is 3.68. The second-order valence-electron chi connectivity index (χ2n) is 4.77. The van der Waals surface area contributed by atoms with E-state index in [4.69, 9.17) is 23.2 Å². The molecular weight excluding hydrogens is 297 g/mol. The third kappa shape index (κ3) is 2.67. The van der Waals surface area contributed by atoms with Gasteiger partial charge in [-0.15, -0.1) is 0 Å². The molecule has 0 radical (unpaired) electrons. The topological polar surface area (TPSA) is 46.9 Å². The van der Waals surface area contributed by atoms with E-state index in [2.05, 4.69) is 10.4 Å². The number of hydrogen-bond acceptors (Lipinski definition) is 3. The molecule has 1 aromatic carbocycles. The molecule has 0 saturated carbocycles. The van der Waals surface area contributed by atoms with Crippen LogP contribution in [0.2, 0.25) is 10.0 Å². The minimum absolute atomic E-state index is 0.135. The Morgan fingerprint density at radius 3 is 2.95 bits per heavy atom. The Labute approximate surface area is 126 Å². The van der Waals surface area contributed by atoms with Crippen LogP contribution in [0.15, 0.2) is 29.1 Å². The Balaban J connectivity index is 1.96. The molecule has 6 heteroatoms. The van der Waals surface area contributed by atoms with Gasteiger partial charge in [0, 0.05) is 22.7 Å². The SMILES string of the molecule is O=c1cc2c(nn1Cc1ccc(Cl)cc1Cl)CCCN2. The molecule has 0 aliphatic carbocycles. The first-order valence-corrected chi connectivity index (χ1v) is 7.18. The molecule has 0 fully saturated rings. The standard InChI is InChI=1S/C14H13Cl2N3O/c15-10-4-3-9(11(16)6-10)8-19-14(20)7-13-12(18-19)2-1-5-17-13/h3-4,6-7,17H,1-2,5,8H2. The van der Waals surface area contributed by atoms with Gasteiger partial charge in [-0.3, -0.25) is 4.79 Å². The summed E-state index contributed by atoms with van der Waals surface area (Å²) in [6, 6.07) is 6.85. The van der Waals surface area contributed by atoms with Crippen LogP contribution in [0.1, 0.15) is 17.7 Å². The molecule has 1 aliphatic rings. The van der Waals surface area contributed by atoms with Crippen molar-refractivity contribution >= 4 is 28.9 Å². The maximum absolute atomic E-state index is 12.1. The lowest BCUT2D eigenvalue weighted by atomic mass is 10.1. The first kappa shape index (κ1) is 13.5. The summed E-state index contributed by atoms with van der Waals surface area (Å²) in [4.78, 5) is 12.1. The smallest absolute Gasteiger partial charge is 0.269 e. The van der Waals surface area contributed by atoms with E-state index in [1.165, 1.54) is 4.68 Å². The van der Waals surface area contributed by atoms with Crippen molar-refractivity contribution in [3.8, 4) is 0 Å². The Morgan fingerprint density at radius 1 is 1.30 bits per heavy atom. The van der Waals surface area contributed by atoms with E-state index in [0.29, 0.717) is 16.6 Å². The third-order valence-electron chi connectivity index (χ3n) is 3.32. The first-order chi connectivity index (χ1) is 9.63. The molecule has 0 bridgehead atoms. The van der Waals surface area contributed by atoms with Gasteiger partial charge in [-0.1, -0.05) is 29.3 Å². The molecule has 1 N–H and O–H groups in total. The molecule has 0 atom stereocenters. The Morgan fingerprint density at radius 2 is 2.15 bits per heavy atom. The van der Waals surface area contributed by atoms with Crippen LogP contribution in [0.4, 0.5) is 5.69 Å². The van der Waals surface area contributed by atoms with E-state index in [1.54, 1.807) is 18.2 Å². The fourth-order valence-corrected chi connectivity index (χ4v) is 2.74. The zero-order valence-electron chi connectivity index (χ0n) is 10.7. The minimum atomic E-state index is -0.135. The summed E-state index contributed by atoms with van der Waals surface area (Å²) >= 11 is 12.0. The number of aryl methyl sites for hydroxylation is 1. The molecule has 1 aromatic heterocycles. The summed E-state index contributed by atoms with van der Waals surface area (Å²) in [5.41, 5.74) is 2.47. The molecule has 0 spiro atoms. The maximum Gasteiger partial charge on any atom is 0.269 e. The van der Waals surface area contributed by atoms with Crippen LogP contribution in [0, 0.1) is 0 Å². The lowest BCUT2D eigenvalue weighted by Gasteiger charge is -2.18. The molecule has 2 heterocycles. The third-order valence-corrected chi connectivity index (χ3v) is 3.90. The van der Waals surface area contributed by atoms with Crippen molar-refractivity contribution in [3.05, 3.63) is 55.9 Å². The molecule has 1 aliphatic heterocycles. The average molecular weight is 310 g/mol. The van der Waals surface area contributed by atoms with Crippen LogP contribution >= 0.6 is 23.2 Å². The van der Waals surface area contributed by atoms with Crippen LogP contribution < -0.4 is 10.9 Å². The zero-order valence-corrected chi connectivity index (χ0v) is 12.2. The Hall–Kier alpha value is -1.52. The second-order valence-corrected chi connectivity index (χ2v) is 5.61.